The average molecular weight is 358 g/mol. The minimum Gasteiger partial charge on any atom is -0.453 e. The van der Waals surface area contributed by atoms with Crippen molar-refractivity contribution in [1.29, 1.82) is 0 Å². The molecule has 0 aromatic heterocycles. The summed E-state index contributed by atoms with van der Waals surface area (Å²) in [5, 5.41) is 5.01. The van der Waals surface area contributed by atoms with Crippen molar-refractivity contribution in [3.05, 3.63) is 66.0 Å². The Morgan fingerprint density at radius 1 is 0.962 bits per heavy atom. The van der Waals surface area contributed by atoms with E-state index >= 15 is 0 Å². The fourth-order valence-electron chi connectivity index (χ4n) is 2.12. The molecule has 0 saturated heterocycles. The highest BCUT2D eigenvalue weighted by molar-refractivity contribution is 6.00. The van der Waals surface area contributed by atoms with Crippen LogP contribution in [-0.4, -0.2) is 29.9 Å². The summed E-state index contributed by atoms with van der Waals surface area (Å²) in [5.41, 5.74) is 0.805. The Hall–Kier alpha value is -3.22. The molecule has 0 heterocycles. The van der Waals surface area contributed by atoms with E-state index in [2.05, 4.69) is 10.6 Å². The Bertz CT molecular complexity index is 778. The molecule has 0 aliphatic carbocycles. The Labute approximate surface area is 150 Å². The lowest BCUT2D eigenvalue weighted by atomic mass is 10.1. The highest BCUT2D eigenvalue weighted by Crippen LogP contribution is 2.09. The van der Waals surface area contributed by atoms with Gasteiger partial charge >= 0.3 is 12.0 Å². The number of hydrogen-bond donors (Lipinski definition) is 2. The number of carbonyl (C=O) groups is 3. The van der Waals surface area contributed by atoms with Crippen LogP contribution in [-0.2, 0) is 9.53 Å². The fraction of sp³-hybridized carbons (Fsp3) is 0.211. The molecule has 2 aromatic rings. The number of amides is 2. The van der Waals surface area contributed by atoms with Crippen LogP contribution in [0.3, 0.4) is 0 Å². The smallest absolute Gasteiger partial charge is 0.329 e. The number of nitrogens with one attached hydrogen (secondary N) is 2. The first-order valence-electron chi connectivity index (χ1n) is 7.99. The van der Waals surface area contributed by atoms with Crippen LogP contribution in [0.1, 0.15) is 24.2 Å². The van der Waals surface area contributed by atoms with E-state index in [1.54, 1.807) is 24.3 Å². The molecule has 0 aliphatic rings. The van der Waals surface area contributed by atoms with Gasteiger partial charge in [0.05, 0.1) is 0 Å². The largest absolute Gasteiger partial charge is 0.453 e. The number of ether oxygens (including phenoxy) is 1. The van der Waals surface area contributed by atoms with Gasteiger partial charge in [-0.2, -0.15) is 0 Å². The first kappa shape index (κ1) is 19.1. The lowest BCUT2D eigenvalue weighted by Crippen LogP contribution is -2.43. The summed E-state index contributed by atoms with van der Waals surface area (Å²) < 4.78 is 18.0. The molecular weight excluding hydrogens is 339 g/mol. The van der Waals surface area contributed by atoms with Crippen LogP contribution in [0.2, 0.25) is 0 Å². The zero-order chi connectivity index (χ0) is 19.1. The summed E-state index contributed by atoms with van der Waals surface area (Å²) in [7, 11) is 0. The van der Waals surface area contributed by atoms with Gasteiger partial charge in [-0.1, -0.05) is 18.2 Å². The lowest BCUT2D eigenvalue weighted by molar-refractivity contribution is -0.148. The lowest BCUT2D eigenvalue weighted by Gasteiger charge is -2.17. The molecule has 0 aliphatic heterocycles. The summed E-state index contributed by atoms with van der Waals surface area (Å²) in [5.74, 6) is -1.68. The molecule has 0 radical (unpaired) electrons. The van der Waals surface area contributed by atoms with Crippen LogP contribution in [0.25, 0.3) is 0 Å². The number of para-hydroxylation sites is 1. The van der Waals surface area contributed by atoms with Gasteiger partial charge in [-0.3, -0.25) is 4.79 Å². The topological polar surface area (TPSA) is 84.5 Å². The van der Waals surface area contributed by atoms with Crippen molar-refractivity contribution >= 4 is 23.5 Å². The maximum absolute atomic E-state index is 12.9. The van der Waals surface area contributed by atoms with Gasteiger partial charge in [-0.25, -0.2) is 14.0 Å². The third-order valence-electron chi connectivity index (χ3n) is 3.52. The van der Waals surface area contributed by atoms with Gasteiger partial charge in [0, 0.05) is 11.3 Å². The SMILES string of the molecule is C[C@H](NC(=O)Nc1ccccc1)C(=O)O[C@H](C)C(=O)c1ccc(F)cc1. The van der Waals surface area contributed by atoms with Gasteiger partial charge < -0.3 is 15.4 Å². The van der Waals surface area contributed by atoms with E-state index in [1.807, 2.05) is 6.07 Å². The van der Waals surface area contributed by atoms with Crippen molar-refractivity contribution < 1.29 is 23.5 Å². The van der Waals surface area contributed by atoms with Crippen LogP contribution in [0.5, 0.6) is 0 Å². The number of Topliss-reactive ketones (excluding diaryl/α,β-unsaturated/α-hetero) is 1. The van der Waals surface area contributed by atoms with Crippen molar-refractivity contribution in [2.75, 3.05) is 5.32 Å². The number of benzene rings is 2. The van der Waals surface area contributed by atoms with E-state index in [9.17, 15) is 18.8 Å². The monoisotopic (exact) mass is 358 g/mol. The highest BCUT2D eigenvalue weighted by Gasteiger charge is 2.24. The zero-order valence-corrected chi connectivity index (χ0v) is 14.4. The van der Waals surface area contributed by atoms with Crippen LogP contribution < -0.4 is 10.6 Å². The van der Waals surface area contributed by atoms with Crippen LogP contribution in [0.15, 0.2) is 54.6 Å². The van der Waals surface area contributed by atoms with Gasteiger partial charge in [-0.15, -0.1) is 0 Å². The number of ketones is 1. The van der Waals surface area contributed by atoms with Gasteiger partial charge in [0.1, 0.15) is 11.9 Å². The second-order valence-corrected chi connectivity index (χ2v) is 5.64. The number of urea groups is 1. The average Bonchev–Trinajstić information content (AvgIpc) is 2.62. The summed E-state index contributed by atoms with van der Waals surface area (Å²) in [6, 6.07) is 12.1. The van der Waals surface area contributed by atoms with Crippen LogP contribution in [0.4, 0.5) is 14.9 Å². The summed E-state index contributed by atoms with van der Waals surface area (Å²) >= 11 is 0. The van der Waals surface area contributed by atoms with E-state index in [-0.39, 0.29) is 5.56 Å². The first-order chi connectivity index (χ1) is 12.4. The molecule has 2 atom stereocenters. The third-order valence-corrected chi connectivity index (χ3v) is 3.52. The summed E-state index contributed by atoms with van der Waals surface area (Å²) in [6.07, 6.45) is -1.06. The Morgan fingerprint density at radius 3 is 2.19 bits per heavy atom. The molecule has 2 N–H and O–H groups in total. The maximum Gasteiger partial charge on any atom is 0.329 e. The highest BCUT2D eigenvalue weighted by atomic mass is 19.1. The van der Waals surface area contributed by atoms with Gasteiger partial charge in [-0.05, 0) is 50.2 Å². The van der Waals surface area contributed by atoms with Gasteiger partial charge in [0.15, 0.2) is 6.10 Å². The maximum atomic E-state index is 12.9. The Balaban J connectivity index is 1.86. The molecule has 7 heteroatoms. The molecule has 136 valence electrons. The molecular formula is C19H19FN2O4. The second-order valence-electron chi connectivity index (χ2n) is 5.64. The summed E-state index contributed by atoms with van der Waals surface area (Å²) in [4.78, 5) is 36.1. The van der Waals surface area contributed by atoms with E-state index in [0.29, 0.717) is 5.69 Å². The number of carbonyl (C=O) groups excluding carboxylic acids is 3. The minimum atomic E-state index is -1.06. The zero-order valence-electron chi connectivity index (χ0n) is 14.4. The Kier molecular flexibility index (Phi) is 6.43. The van der Waals surface area contributed by atoms with E-state index < -0.39 is 35.7 Å². The van der Waals surface area contributed by atoms with E-state index in [4.69, 9.17) is 4.74 Å². The fourth-order valence-corrected chi connectivity index (χ4v) is 2.12. The predicted molar refractivity (Wildman–Crippen MR) is 94.3 cm³/mol. The molecule has 26 heavy (non-hydrogen) atoms. The molecule has 0 bridgehead atoms. The normalized spacial score (nSPS) is 12.6. The Morgan fingerprint density at radius 2 is 1.58 bits per heavy atom. The number of halogens is 1. The number of anilines is 1. The van der Waals surface area contributed by atoms with Crippen molar-refractivity contribution in [3.8, 4) is 0 Å². The van der Waals surface area contributed by atoms with E-state index in [0.717, 1.165) is 12.1 Å². The number of rotatable bonds is 6. The van der Waals surface area contributed by atoms with Crippen LogP contribution >= 0.6 is 0 Å². The molecule has 2 aromatic carbocycles. The third kappa shape index (κ3) is 5.41. The predicted octanol–water partition coefficient (Wildman–Crippen LogP) is 3.15. The molecule has 2 amide bonds. The number of esters is 1. The first-order valence-corrected chi connectivity index (χ1v) is 7.99. The van der Waals surface area contributed by atoms with E-state index in [1.165, 1.54) is 26.0 Å². The molecule has 0 fully saturated rings. The quantitative estimate of drug-likeness (QED) is 0.614. The molecule has 6 nitrogen and oxygen atoms in total. The van der Waals surface area contributed by atoms with Gasteiger partial charge in [0.25, 0.3) is 0 Å². The van der Waals surface area contributed by atoms with Crippen molar-refractivity contribution in [2.24, 2.45) is 0 Å². The molecule has 0 unspecified atom stereocenters. The number of hydrogen-bond acceptors (Lipinski definition) is 4. The van der Waals surface area contributed by atoms with Crippen molar-refractivity contribution in [2.45, 2.75) is 26.0 Å². The van der Waals surface area contributed by atoms with Crippen LogP contribution in [0, 0.1) is 5.82 Å². The minimum absolute atomic E-state index is 0.231. The molecule has 0 spiro atoms. The van der Waals surface area contributed by atoms with Gasteiger partial charge in [0.2, 0.25) is 5.78 Å². The summed E-state index contributed by atoms with van der Waals surface area (Å²) in [6.45, 7) is 2.86. The molecule has 2 rings (SSSR count). The van der Waals surface area contributed by atoms with Crippen molar-refractivity contribution in [3.63, 3.8) is 0 Å². The second kappa shape index (κ2) is 8.75. The van der Waals surface area contributed by atoms with Crippen molar-refractivity contribution in [1.82, 2.24) is 5.32 Å². The standard InChI is InChI=1S/C19H19FN2O4/c1-12(21-19(25)22-16-6-4-3-5-7-16)18(24)26-13(2)17(23)14-8-10-15(20)11-9-14/h3-13H,1-2H3,(H2,21,22,25)/t12-,13+/m0/s1. The molecule has 0 saturated carbocycles.